The molecule has 2 rings (SSSR count). The van der Waals surface area contributed by atoms with Crippen molar-refractivity contribution in [2.24, 2.45) is 5.92 Å². The number of carbonyl (C=O) groups excluding carboxylic acids is 1. The van der Waals surface area contributed by atoms with Crippen molar-refractivity contribution >= 4 is 17.7 Å². The normalized spacial score (nSPS) is 12.4. The van der Waals surface area contributed by atoms with Crippen LogP contribution in [0.4, 0.5) is 4.39 Å². The molecule has 1 aromatic carbocycles. The molecule has 0 spiro atoms. The Morgan fingerprint density at radius 1 is 1.36 bits per heavy atom. The summed E-state index contributed by atoms with van der Waals surface area (Å²) in [7, 11) is 0. The third-order valence-electron chi connectivity index (χ3n) is 3.31. The fraction of sp³-hybridized carbons (Fsp3) is 0.400. The Kier molecular flexibility index (Phi) is 5.54. The van der Waals surface area contributed by atoms with Crippen molar-refractivity contribution in [3.63, 3.8) is 0 Å². The van der Waals surface area contributed by atoms with Gasteiger partial charge in [0.05, 0.1) is 11.3 Å². The molecule has 0 fully saturated rings. The van der Waals surface area contributed by atoms with Gasteiger partial charge in [-0.1, -0.05) is 37.7 Å². The number of thioether (sulfide) groups is 1. The van der Waals surface area contributed by atoms with E-state index >= 15 is 0 Å². The van der Waals surface area contributed by atoms with Crippen LogP contribution < -0.4 is 5.32 Å². The fourth-order valence-corrected chi connectivity index (χ4v) is 2.29. The second kappa shape index (κ2) is 7.40. The minimum atomic E-state index is -0.362. The Balaban J connectivity index is 1.93. The molecule has 0 aliphatic rings. The second-order valence-corrected chi connectivity index (χ2v) is 6.28. The van der Waals surface area contributed by atoms with Crippen LogP contribution in [0.15, 0.2) is 29.4 Å². The quantitative estimate of drug-likeness (QED) is 0.802. The summed E-state index contributed by atoms with van der Waals surface area (Å²) in [5.74, 6) is 0.537. The van der Waals surface area contributed by atoms with Crippen molar-refractivity contribution in [3.05, 3.63) is 30.1 Å². The minimum absolute atomic E-state index is 0.0663. The first kappa shape index (κ1) is 16.5. The zero-order valence-corrected chi connectivity index (χ0v) is 13.6. The number of aromatic nitrogens is 3. The number of nitrogens with zero attached hydrogens (tertiary/aromatic N) is 2. The Labute approximate surface area is 133 Å². The van der Waals surface area contributed by atoms with Gasteiger partial charge in [-0.3, -0.25) is 9.89 Å². The van der Waals surface area contributed by atoms with Crippen LogP contribution in [-0.4, -0.2) is 32.9 Å². The summed E-state index contributed by atoms with van der Waals surface area (Å²) in [6.07, 6.45) is 0. The number of aromatic amines is 1. The van der Waals surface area contributed by atoms with Crippen molar-refractivity contribution in [2.45, 2.75) is 32.0 Å². The van der Waals surface area contributed by atoms with Gasteiger partial charge < -0.3 is 5.32 Å². The largest absolute Gasteiger partial charge is 0.353 e. The third kappa shape index (κ3) is 4.30. The van der Waals surface area contributed by atoms with Crippen LogP contribution >= 0.6 is 11.8 Å². The van der Waals surface area contributed by atoms with Gasteiger partial charge in [0.2, 0.25) is 11.1 Å². The summed E-state index contributed by atoms with van der Waals surface area (Å²) in [6.45, 7) is 6.07. The highest BCUT2D eigenvalue weighted by molar-refractivity contribution is 7.99. The lowest BCUT2D eigenvalue weighted by molar-refractivity contribution is -0.119. The van der Waals surface area contributed by atoms with Gasteiger partial charge in [-0.25, -0.2) is 9.37 Å². The van der Waals surface area contributed by atoms with E-state index in [9.17, 15) is 9.18 Å². The maximum Gasteiger partial charge on any atom is 0.230 e. The van der Waals surface area contributed by atoms with E-state index in [1.807, 2.05) is 20.8 Å². The first-order valence-electron chi connectivity index (χ1n) is 7.07. The monoisotopic (exact) mass is 322 g/mol. The maximum absolute atomic E-state index is 13.7. The topological polar surface area (TPSA) is 70.7 Å². The van der Waals surface area contributed by atoms with Crippen molar-refractivity contribution in [1.82, 2.24) is 20.5 Å². The molecule has 5 nitrogen and oxygen atoms in total. The van der Waals surface area contributed by atoms with Crippen LogP contribution in [0.3, 0.4) is 0 Å². The summed E-state index contributed by atoms with van der Waals surface area (Å²) in [5.41, 5.74) is 0.361. The molecule has 0 aliphatic heterocycles. The van der Waals surface area contributed by atoms with E-state index in [0.717, 1.165) is 0 Å². The average molecular weight is 322 g/mol. The number of nitrogens with one attached hydrogen (secondary N) is 2. The standard InChI is InChI=1S/C15H19FN4OS/c1-9(2)10(3)17-13(21)8-22-15-18-14(19-20-15)11-6-4-5-7-12(11)16/h4-7,9-10H,8H2,1-3H3,(H,17,21)(H,18,19,20)/t10-/m1/s1. The Morgan fingerprint density at radius 2 is 2.09 bits per heavy atom. The zero-order valence-electron chi connectivity index (χ0n) is 12.8. The Bertz CT molecular complexity index is 644. The lowest BCUT2D eigenvalue weighted by atomic mass is 10.1. The van der Waals surface area contributed by atoms with E-state index in [1.165, 1.54) is 17.8 Å². The highest BCUT2D eigenvalue weighted by Gasteiger charge is 2.13. The van der Waals surface area contributed by atoms with Crippen LogP contribution in [-0.2, 0) is 4.79 Å². The molecular formula is C15H19FN4OS. The zero-order chi connectivity index (χ0) is 16.1. The molecule has 0 unspecified atom stereocenters. The highest BCUT2D eigenvalue weighted by atomic mass is 32.2. The van der Waals surface area contributed by atoms with Gasteiger partial charge in [0.15, 0.2) is 5.82 Å². The van der Waals surface area contributed by atoms with Gasteiger partial charge in [0, 0.05) is 6.04 Å². The summed E-state index contributed by atoms with van der Waals surface area (Å²) in [5, 5.41) is 10.0. The van der Waals surface area contributed by atoms with Crippen LogP contribution in [0, 0.1) is 11.7 Å². The predicted octanol–water partition coefficient (Wildman–Crippen LogP) is 2.86. The Hall–Kier alpha value is -1.89. The van der Waals surface area contributed by atoms with Crippen LogP contribution in [0.5, 0.6) is 0 Å². The van der Waals surface area contributed by atoms with Gasteiger partial charge in [-0.15, -0.1) is 5.10 Å². The van der Waals surface area contributed by atoms with Crippen LogP contribution in [0.1, 0.15) is 20.8 Å². The number of carbonyl (C=O) groups is 1. The van der Waals surface area contributed by atoms with E-state index in [2.05, 4.69) is 20.5 Å². The molecule has 1 aromatic heterocycles. The molecule has 0 radical (unpaired) electrons. The molecule has 0 saturated heterocycles. The maximum atomic E-state index is 13.7. The fourth-order valence-electron chi connectivity index (χ4n) is 1.68. The molecule has 22 heavy (non-hydrogen) atoms. The van der Waals surface area contributed by atoms with E-state index in [-0.39, 0.29) is 23.5 Å². The van der Waals surface area contributed by atoms with Gasteiger partial charge in [0.1, 0.15) is 5.82 Å². The summed E-state index contributed by atoms with van der Waals surface area (Å²) in [4.78, 5) is 16.0. The van der Waals surface area contributed by atoms with Crippen LogP contribution in [0.2, 0.25) is 0 Å². The Morgan fingerprint density at radius 3 is 2.77 bits per heavy atom. The second-order valence-electron chi connectivity index (χ2n) is 5.34. The smallest absolute Gasteiger partial charge is 0.230 e. The van der Waals surface area contributed by atoms with E-state index in [4.69, 9.17) is 0 Å². The third-order valence-corrected chi connectivity index (χ3v) is 4.16. The lowest BCUT2D eigenvalue weighted by Crippen LogP contribution is -2.37. The number of hydrogen-bond donors (Lipinski definition) is 2. The summed E-state index contributed by atoms with van der Waals surface area (Å²) >= 11 is 1.22. The van der Waals surface area contributed by atoms with E-state index < -0.39 is 0 Å². The SMILES string of the molecule is CC(C)[C@@H](C)NC(=O)CSc1n[nH]c(-c2ccccc2F)n1. The van der Waals surface area contributed by atoms with Gasteiger partial charge in [0.25, 0.3) is 0 Å². The number of rotatable bonds is 6. The van der Waals surface area contributed by atoms with E-state index in [0.29, 0.717) is 22.5 Å². The van der Waals surface area contributed by atoms with Crippen molar-refractivity contribution in [2.75, 3.05) is 5.75 Å². The average Bonchev–Trinajstić information content (AvgIpc) is 2.94. The number of H-pyrrole nitrogens is 1. The van der Waals surface area contributed by atoms with Crippen molar-refractivity contribution in [1.29, 1.82) is 0 Å². The molecular weight excluding hydrogens is 303 g/mol. The number of hydrogen-bond acceptors (Lipinski definition) is 4. The molecule has 7 heteroatoms. The lowest BCUT2D eigenvalue weighted by Gasteiger charge is -2.16. The van der Waals surface area contributed by atoms with Gasteiger partial charge in [-0.2, -0.15) is 0 Å². The molecule has 0 bridgehead atoms. The molecule has 2 aromatic rings. The van der Waals surface area contributed by atoms with E-state index in [1.54, 1.807) is 18.2 Å². The molecule has 1 atom stereocenters. The molecule has 2 N–H and O–H groups in total. The molecule has 0 aliphatic carbocycles. The number of halogens is 1. The van der Waals surface area contributed by atoms with Gasteiger partial charge >= 0.3 is 0 Å². The number of amides is 1. The summed E-state index contributed by atoms with van der Waals surface area (Å²) in [6, 6.07) is 6.46. The number of benzene rings is 1. The van der Waals surface area contributed by atoms with Gasteiger partial charge in [-0.05, 0) is 25.0 Å². The van der Waals surface area contributed by atoms with Crippen LogP contribution in [0.25, 0.3) is 11.4 Å². The first-order valence-corrected chi connectivity index (χ1v) is 8.05. The molecule has 1 amide bonds. The van der Waals surface area contributed by atoms with Crippen molar-refractivity contribution < 1.29 is 9.18 Å². The molecule has 1 heterocycles. The van der Waals surface area contributed by atoms with Crippen molar-refractivity contribution in [3.8, 4) is 11.4 Å². The minimum Gasteiger partial charge on any atom is -0.353 e. The molecule has 0 saturated carbocycles. The summed E-state index contributed by atoms with van der Waals surface area (Å²) < 4.78 is 13.7. The predicted molar refractivity (Wildman–Crippen MR) is 84.9 cm³/mol. The first-order chi connectivity index (χ1) is 10.5. The molecule has 118 valence electrons. The highest BCUT2D eigenvalue weighted by Crippen LogP contribution is 2.21.